The average molecular weight is 326 g/mol. The van der Waals surface area contributed by atoms with Gasteiger partial charge in [0.2, 0.25) is 5.91 Å². The van der Waals surface area contributed by atoms with Crippen molar-refractivity contribution in [1.82, 2.24) is 19.9 Å². The number of rotatable bonds is 6. The molecule has 1 atom stereocenters. The summed E-state index contributed by atoms with van der Waals surface area (Å²) in [6, 6.07) is 5.64. The van der Waals surface area contributed by atoms with Gasteiger partial charge in [-0.1, -0.05) is 6.07 Å². The van der Waals surface area contributed by atoms with Crippen LogP contribution >= 0.6 is 0 Å². The zero-order chi connectivity index (χ0) is 16.6. The van der Waals surface area contributed by atoms with Crippen molar-refractivity contribution in [2.45, 2.75) is 44.4 Å². The van der Waals surface area contributed by atoms with Crippen molar-refractivity contribution >= 4 is 5.91 Å². The van der Waals surface area contributed by atoms with Crippen molar-refractivity contribution in [2.75, 3.05) is 0 Å². The summed E-state index contributed by atoms with van der Waals surface area (Å²) in [6.45, 7) is 0.668. The Labute approximate surface area is 140 Å². The van der Waals surface area contributed by atoms with E-state index in [4.69, 9.17) is 0 Å². The number of hydrogen-bond donors (Lipinski definition) is 2. The summed E-state index contributed by atoms with van der Waals surface area (Å²) >= 11 is 0. The van der Waals surface area contributed by atoms with Crippen LogP contribution in [0.2, 0.25) is 0 Å². The van der Waals surface area contributed by atoms with Crippen LogP contribution in [-0.4, -0.2) is 31.7 Å². The zero-order valence-corrected chi connectivity index (χ0v) is 13.5. The molecule has 126 valence electrons. The van der Waals surface area contributed by atoms with Gasteiger partial charge < -0.3 is 15.0 Å². The van der Waals surface area contributed by atoms with Crippen molar-refractivity contribution in [3.05, 3.63) is 48.8 Å². The number of imidazole rings is 1. The van der Waals surface area contributed by atoms with E-state index >= 15 is 0 Å². The molecule has 0 radical (unpaired) electrons. The number of aromatic nitrogens is 3. The maximum Gasteiger partial charge on any atom is 0.228 e. The number of carbonyl (C=O) groups is 1. The highest BCUT2D eigenvalue weighted by Gasteiger charge is 2.51. The first-order valence-corrected chi connectivity index (χ1v) is 8.52. The first-order valence-electron chi connectivity index (χ1n) is 8.52. The normalized spacial score (nSPS) is 25.5. The van der Waals surface area contributed by atoms with Crippen LogP contribution < -0.4 is 5.32 Å². The van der Waals surface area contributed by atoms with E-state index in [2.05, 4.69) is 15.3 Å². The highest BCUT2D eigenvalue weighted by molar-refractivity contribution is 5.85. The molecule has 2 aliphatic carbocycles. The topological polar surface area (TPSA) is 80.0 Å². The molecule has 2 aliphatic rings. The van der Waals surface area contributed by atoms with Crippen LogP contribution in [0.5, 0.6) is 0 Å². The Balaban J connectivity index is 1.49. The second-order valence-electron chi connectivity index (χ2n) is 7.11. The lowest BCUT2D eigenvalue weighted by molar-refractivity contribution is -0.128. The minimum Gasteiger partial charge on any atom is -0.393 e. The van der Waals surface area contributed by atoms with Gasteiger partial charge in [-0.25, -0.2) is 4.98 Å². The molecule has 0 aliphatic heterocycles. The summed E-state index contributed by atoms with van der Waals surface area (Å²) in [7, 11) is 0. The minimum absolute atomic E-state index is 0.0910. The Morgan fingerprint density at radius 1 is 1.38 bits per heavy atom. The molecule has 1 unspecified atom stereocenters. The average Bonchev–Trinajstić information content (AvgIpc) is 3.17. The summed E-state index contributed by atoms with van der Waals surface area (Å²) in [5, 5.41) is 12.9. The fraction of sp³-hybridized carbons (Fsp3) is 0.500. The molecule has 0 bridgehead atoms. The maximum absolute atomic E-state index is 12.9. The smallest absolute Gasteiger partial charge is 0.228 e. The Morgan fingerprint density at radius 2 is 2.21 bits per heavy atom. The number of nitrogens with zero attached hydrogens (tertiary/aromatic N) is 3. The molecule has 0 saturated heterocycles. The predicted molar refractivity (Wildman–Crippen MR) is 87.7 cm³/mol. The van der Waals surface area contributed by atoms with Gasteiger partial charge in [0.05, 0.1) is 29.6 Å². The Kier molecular flexibility index (Phi) is 3.84. The van der Waals surface area contributed by atoms with Crippen LogP contribution in [0.4, 0.5) is 0 Å². The monoisotopic (exact) mass is 326 g/mol. The van der Waals surface area contributed by atoms with E-state index in [-0.39, 0.29) is 29.4 Å². The maximum atomic E-state index is 12.9. The largest absolute Gasteiger partial charge is 0.393 e. The SMILES string of the molecule is O=C(NC(c1ccccn1)C1CC(O)C1)C1(Cn2ccnc2)CC1. The molecule has 2 aromatic heterocycles. The van der Waals surface area contributed by atoms with Crippen LogP contribution in [0, 0.1) is 11.3 Å². The molecular formula is C18H22N4O2. The van der Waals surface area contributed by atoms with Crippen molar-refractivity contribution in [1.29, 1.82) is 0 Å². The second kappa shape index (κ2) is 6.02. The van der Waals surface area contributed by atoms with Gasteiger partial charge in [-0.3, -0.25) is 9.78 Å². The molecule has 0 aromatic carbocycles. The van der Waals surface area contributed by atoms with Gasteiger partial charge in [0.15, 0.2) is 0 Å². The number of pyridine rings is 1. The van der Waals surface area contributed by atoms with Gasteiger partial charge in [-0.15, -0.1) is 0 Å². The van der Waals surface area contributed by atoms with E-state index in [1.165, 1.54) is 0 Å². The minimum atomic E-state index is -0.323. The lowest BCUT2D eigenvalue weighted by Gasteiger charge is -2.38. The third-order valence-corrected chi connectivity index (χ3v) is 5.29. The molecule has 4 rings (SSSR count). The van der Waals surface area contributed by atoms with E-state index in [0.717, 1.165) is 31.4 Å². The highest BCUT2D eigenvalue weighted by Crippen LogP contribution is 2.48. The van der Waals surface area contributed by atoms with E-state index in [1.54, 1.807) is 18.7 Å². The van der Waals surface area contributed by atoms with E-state index < -0.39 is 0 Å². The number of amides is 1. The van der Waals surface area contributed by atoms with Crippen LogP contribution in [0.15, 0.2) is 43.1 Å². The van der Waals surface area contributed by atoms with Crippen molar-refractivity contribution < 1.29 is 9.90 Å². The Bertz CT molecular complexity index is 691. The molecule has 0 spiro atoms. The molecule has 2 fully saturated rings. The quantitative estimate of drug-likeness (QED) is 0.846. The number of hydrogen-bond acceptors (Lipinski definition) is 4. The summed E-state index contributed by atoms with van der Waals surface area (Å²) in [5.41, 5.74) is 0.553. The molecular weight excluding hydrogens is 304 g/mol. The highest BCUT2D eigenvalue weighted by atomic mass is 16.3. The summed E-state index contributed by atoms with van der Waals surface area (Å²) in [4.78, 5) is 21.4. The van der Waals surface area contributed by atoms with Gasteiger partial charge in [0, 0.05) is 25.1 Å². The lowest BCUT2D eigenvalue weighted by Crippen LogP contribution is -2.44. The summed E-state index contributed by atoms with van der Waals surface area (Å²) < 4.78 is 1.97. The Morgan fingerprint density at radius 3 is 2.79 bits per heavy atom. The standard InChI is InChI=1S/C18H22N4O2/c23-14-9-13(10-14)16(15-3-1-2-6-20-15)21-17(24)18(4-5-18)11-22-8-7-19-12-22/h1-3,6-8,12-14,16,23H,4-5,9-11H2,(H,21,24). The molecule has 24 heavy (non-hydrogen) atoms. The third-order valence-electron chi connectivity index (χ3n) is 5.29. The third kappa shape index (κ3) is 2.94. The van der Waals surface area contributed by atoms with Gasteiger partial charge in [0.1, 0.15) is 0 Å². The van der Waals surface area contributed by atoms with Crippen LogP contribution in [0.1, 0.15) is 37.4 Å². The van der Waals surface area contributed by atoms with Crippen molar-refractivity contribution in [3.63, 3.8) is 0 Å². The molecule has 2 heterocycles. The van der Waals surface area contributed by atoms with Gasteiger partial charge >= 0.3 is 0 Å². The molecule has 2 saturated carbocycles. The van der Waals surface area contributed by atoms with E-state index in [1.807, 2.05) is 29.0 Å². The number of aliphatic hydroxyl groups is 1. The van der Waals surface area contributed by atoms with E-state index in [9.17, 15) is 9.90 Å². The molecule has 2 aromatic rings. The van der Waals surface area contributed by atoms with Gasteiger partial charge in [-0.05, 0) is 43.7 Å². The number of aliphatic hydroxyl groups excluding tert-OH is 1. The predicted octanol–water partition coefficient (Wildman–Crippen LogP) is 1.69. The molecule has 6 nitrogen and oxygen atoms in total. The lowest BCUT2D eigenvalue weighted by atomic mass is 9.76. The first-order chi connectivity index (χ1) is 11.7. The first kappa shape index (κ1) is 15.3. The van der Waals surface area contributed by atoms with Gasteiger partial charge in [-0.2, -0.15) is 0 Å². The van der Waals surface area contributed by atoms with Gasteiger partial charge in [0.25, 0.3) is 0 Å². The van der Waals surface area contributed by atoms with Crippen LogP contribution in [0.25, 0.3) is 0 Å². The number of nitrogens with one attached hydrogen (secondary N) is 1. The summed E-state index contributed by atoms with van der Waals surface area (Å²) in [6.07, 6.45) is 10.1. The molecule has 1 amide bonds. The van der Waals surface area contributed by atoms with Crippen molar-refractivity contribution in [3.8, 4) is 0 Å². The van der Waals surface area contributed by atoms with Crippen LogP contribution in [-0.2, 0) is 11.3 Å². The molecule has 6 heteroatoms. The van der Waals surface area contributed by atoms with E-state index in [0.29, 0.717) is 6.54 Å². The number of carbonyl (C=O) groups excluding carboxylic acids is 1. The Hall–Kier alpha value is -2.21. The second-order valence-corrected chi connectivity index (χ2v) is 7.11. The summed E-state index contributed by atoms with van der Waals surface area (Å²) in [5.74, 6) is 0.344. The fourth-order valence-electron chi connectivity index (χ4n) is 3.53. The zero-order valence-electron chi connectivity index (χ0n) is 13.5. The van der Waals surface area contributed by atoms with Crippen LogP contribution in [0.3, 0.4) is 0 Å². The van der Waals surface area contributed by atoms with Crippen molar-refractivity contribution in [2.24, 2.45) is 11.3 Å². The molecule has 2 N–H and O–H groups in total. The fourth-order valence-corrected chi connectivity index (χ4v) is 3.53.